The molecular weight excluding hydrogens is 464 g/mol. The standard InChI is InChI=1S/C27H23ClN4O3/c28-20-10-11-23-24(16-20)30-26(19-6-2-1-3-7-19)31-27(23)32(18-22-9-5-15-35-22)13-12-25(33)29-17-21-8-4-14-34-21/h1-11,14-16H,12-13,17-18H2,(H,29,33). The monoisotopic (exact) mass is 486 g/mol. The molecule has 0 saturated carbocycles. The second-order valence-electron chi connectivity index (χ2n) is 8.01. The molecule has 0 unspecified atom stereocenters. The zero-order chi connectivity index (χ0) is 24.0. The molecule has 3 heterocycles. The lowest BCUT2D eigenvalue weighted by molar-refractivity contribution is -0.121. The van der Waals surface area contributed by atoms with Crippen LogP contribution in [0, 0.1) is 0 Å². The number of carbonyl (C=O) groups excluding carboxylic acids is 1. The molecule has 0 aliphatic carbocycles. The van der Waals surface area contributed by atoms with Gasteiger partial charge in [-0.1, -0.05) is 41.9 Å². The number of carbonyl (C=O) groups is 1. The van der Waals surface area contributed by atoms with Gasteiger partial charge in [-0.25, -0.2) is 9.97 Å². The molecule has 0 radical (unpaired) electrons. The summed E-state index contributed by atoms with van der Waals surface area (Å²) < 4.78 is 10.9. The van der Waals surface area contributed by atoms with Gasteiger partial charge in [-0.15, -0.1) is 0 Å². The van der Waals surface area contributed by atoms with Gasteiger partial charge in [0.1, 0.15) is 17.3 Å². The molecule has 0 fully saturated rings. The third kappa shape index (κ3) is 5.53. The van der Waals surface area contributed by atoms with Gasteiger partial charge < -0.3 is 19.1 Å². The summed E-state index contributed by atoms with van der Waals surface area (Å²) in [5.74, 6) is 2.68. The van der Waals surface area contributed by atoms with E-state index >= 15 is 0 Å². The molecule has 35 heavy (non-hydrogen) atoms. The maximum atomic E-state index is 12.6. The maximum Gasteiger partial charge on any atom is 0.222 e. The van der Waals surface area contributed by atoms with E-state index < -0.39 is 0 Å². The Morgan fingerprint density at radius 1 is 0.914 bits per heavy atom. The van der Waals surface area contributed by atoms with Crippen LogP contribution in [0.25, 0.3) is 22.3 Å². The predicted octanol–water partition coefficient (Wildman–Crippen LogP) is 5.85. The minimum absolute atomic E-state index is 0.0875. The number of nitrogens with one attached hydrogen (secondary N) is 1. The first kappa shape index (κ1) is 22.7. The van der Waals surface area contributed by atoms with Crippen LogP contribution in [0.3, 0.4) is 0 Å². The fourth-order valence-corrected chi connectivity index (χ4v) is 3.98. The molecule has 176 valence electrons. The molecule has 5 aromatic rings. The Kier molecular flexibility index (Phi) is 6.77. The Morgan fingerprint density at radius 3 is 2.43 bits per heavy atom. The van der Waals surface area contributed by atoms with Crippen LogP contribution in [0.5, 0.6) is 0 Å². The molecule has 0 spiro atoms. The lowest BCUT2D eigenvalue weighted by Crippen LogP contribution is -2.31. The van der Waals surface area contributed by atoms with Crippen molar-refractivity contribution in [2.45, 2.75) is 19.5 Å². The van der Waals surface area contributed by atoms with Gasteiger partial charge in [-0.2, -0.15) is 0 Å². The van der Waals surface area contributed by atoms with Crippen molar-refractivity contribution in [2.75, 3.05) is 11.4 Å². The van der Waals surface area contributed by atoms with Crippen LogP contribution in [0.2, 0.25) is 5.02 Å². The highest BCUT2D eigenvalue weighted by atomic mass is 35.5. The average molecular weight is 487 g/mol. The van der Waals surface area contributed by atoms with E-state index in [0.717, 1.165) is 22.2 Å². The van der Waals surface area contributed by atoms with Crippen molar-refractivity contribution in [3.8, 4) is 11.4 Å². The maximum absolute atomic E-state index is 12.6. The van der Waals surface area contributed by atoms with Crippen molar-refractivity contribution in [3.05, 3.63) is 102 Å². The molecule has 3 aromatic heterocycles. The fraction of sp³-hybridized carbons (Fsp3) is 0.148. The first-order valence-corrected chi connectivity index (χ1v) is 11.6. The highest BCUT2D eigenvalue weighted by Crippen LogP contribution is 2.30. The van der Waals surface area contributed by atoms with Crippen molar-refractivity contribution in [2.24, 2.45) is 0 Å². The average Bonchev–Trinajstić information content (AvgIpc) is 3.59. The number of hydrogen-bond acceptors (Lipinski definition) is 6. The fourth-order valence-electron chi connectivity index (χ4n) is 3.82. The smallest absolute Gasteiger partial charge is 0.222 e. The normalized spacial score (nSPS) is 11.0. The van der Waals surface area contributed by atoms with Crippen LogP contribution in [-0.4, -0.2) is 22.4 Å². The van der Waals surface area contributed by atoms with E-state index in [0.29, 0.717) is 42.1 Å². The summed E-state index contributed by atoms with van der Waals surface area (Å²) in [5.41, 5.74) is 1.62. The number of fused-ring (bicyclic) bond motifs is 1. The van der Waals surface area contributed by atoms with E-state index in [1.165, 1.54) is 0 Å². The van der Waals surface area contributed by atoms with Crippen molar-refractivity contribution < 1.29 is 13.6 Å². The lowest BCUT2D eigenvalue weighted by Gasteiger charge is -2.24. The summed E-state index contributed by atoms with van der Waals surface area (Å²) in [7, 11) is 0. The third-order valence-corrected chi connectivity index (χ3v) is 5.78. The summed E-state index contributed by atoms with van der Waals surface area (Å²) in [6.07, 6.45) is 3.49. The van der Waals surface area contributed by atoms with Gasteiger partial charge in [0, 0.05) is 28.9 Å². The molecule has 2 aromatic carbocycles. The van der Waals surface area contributed by atoms with Gasteiger partial charge in [0.15, 0.2) is 5.82 Å². The van der Waals surface area contributed by atoms with Crippen LogP contribution < -0.4 is 10.2 Å². The summed E-state index contributed by atoms with van der Waals surface area (Å²) in [6.45, 7) is 1.21. The van der Waals surface area contributed by atoms with E-state index in [1.807, 2.05) is 71.6 Å². The zero-order valence-electron chi connectivity index (χ0n) is 18.9. The second kappa shape index (κ2) is 10.4. The molecule has 0 aliphatic heterocycles. The van der Waals surface area contributed by atoms with Gasteiger partial charge in [0.25, 0.3) is 0 Å². The summed E-state index contributed by atoms with van der Waals surface area (Å²) in [4.78, 5) is 24.4. The van der Waals surface area contributed by atoms with E-state index in [1.54, 1.807) is 18.6 Å². The van der Waals surface area contributed by atoms with Gasteiger partial charge >= 0.3 is 0 Å². The number of aromatic nitrogens is 2. The quantitative estimate of drug-likeness (QED) is 0.281. The van der Waals surface area contributed by atoms with E-state index in [4.69, 9.17) is 30.4 Å². The topological polar surface area (TPSA) is 84.4 Å². The number of amides is 1. The van der Waals surface area contributed by atoms with E-state index in [9.17, 15) is 4.79 Å². The SMILES string of the molecule is O=C(CCN(Cc1ccco1)c1nc(-c2ccccc2)nc2cc(Cl)ccc12)NCc1ccco1. The van der Waals surface area contributed by atoms with Crippen molar-refractivity contribution in [1.82, 2.24) is 15.3 Å². The first-order valence-electron chi connectivity index (χ1n) is 11.2. The minimum atomic E-state index is -0.0875. The molecule has 8 heteroatoms. The highest BCUT2D eigenvalue weighted by Gasteiger charge is 2.19. The molecule has 1 amide bonds. The van der Waals surface area contributed by atoms with Crippen LogP contribution in [0.15, 0.2) is 94.2 Å². The molecule has 5 rings (SSSR count). The van der Waals surface area contributed by atoms with E-state index in [-0.39, 0.29) is 12.3 Å². The number of nitrogens with zero attached hydrogens (tertiary/aromatic N) is 3. The van der Waals surface area contributed by atoms with Crippen LogP contribution >= 0.6 is 11.6 Å². The zero-order valence-corrected chi connectivity index (χ0v) is 19.6. The summed E-state index contributed by atoms with van der Waals surface area (Å²) in [5, 5.41) is 4.34. The lowest BCUT2D eigenvalue weighted by atomic mass is 10.1. The first-order chi connectivity index (χ1) is 17.2. The van der Waals surface area contributed by atoms with Crippen LogP contribution in [0.1, 0.15) is 17.9 Å². The number of anilines is 1. The number of hydrogen-bond donors (Lipinski definition) is 1. The number of benzene rings is 2. The van der Waals surface area contributed by atoms with Gasteiger partial charge in [0.2, 0.25) is 5.91 Å². The van der Waals surface area contributed by atoms with E-state index in [2.05, 4.69) is 5.32 Å². The van der Waals surface area contributed by atoms with Gasteiger partial charge in [-0.05, 0) is 42.5 Å². The Morgan fingerprint density at radius 2 is 1.69 bits per heavy atom. The summed E-state index contributed by atoms with van der Waals surface area (Å²) >= 11 is 6.29. The van der Waals surface area contributed by atoms with Crippen LogP contribution in [0.4, 0.5) is 5.82 Å². The predicted molar refractivity (Wildman–Crippen MR) is 135 cm³/mol. The largest absolute Gasteiger partial charge is 0.467 e. The summed E-state index contributed by atoms with van der Waals surface area (Å²) in [6, 6.07) is 22.7. The van der Waals surface area contributed by atoms with Crippen molar-refractivity contribution in [1.29, 1.82) is 0 Å². The third-order valence-electron chi connectivity index (χ3n) is 5.55. The van der Waals surface area contributed by atoms with Gasteiger partial charge in [0.05, 0.1) is 31.1 Å². The van der Waals surface area contributed by atoms with Crippen LogP contribution in [-0.2, 0) is 17.9 Å². The Bertz CT molecular complexity index is 1400. The number of rotatable bonds is 9. The molecule has 7 nitrogen and oxygen atoms in total. The Balaban J connectivity index is 1.47. The number of furan rings is 2. The van der Waals surface area contributed by atoms with Crippen molar-refractivity contribution >= 4 is 34.2 Å². The van der Waals surface area contributed by atoms with Gasteiger partial charge in [-0.3, -0.25) is 4.79 Å². The molecule has 0 bridgehead atoms. The molecule has 0 aliphatic rings. The molecule has 1 N–H and O–H groups in total. The number of halogens is 1. The minimum Gasteiger partial charge on any atom is -0.467 e. The Labute approximate surface area is 207 Å². The second-order valence-corrected chi connectivity index (χ2v) is 8.44. The molecule has 0 saturated heterocycles. The van der Waals surface area contributed by atoms with Crippen molar-refractivity contribution in [3.63, 3.8) is 0 Å². The highest BCUT2D eigenvalue weighted by molar-refractivity contribution is 6.31. The molecule has 0 atom stereocenters. The Hall–Kier alpha value is -4.10. The molecular formula is C27H23ClN4O3.